The van der Waals surface area contributed by atoms with Gasteiger partial charge in [-0.2, -0.15) is 0 Å². The first-order chi connectivity index (χ1) is 12.7. The Bertz CT molecular complexity index is 680. The molecule has 4 heteroatoms. The molecule has 3 rings (SSSR count). The molecule has 2 nitrogen and oxygen atoms in total. The molecule has 2 bridgehead atoms. The lowest BCUT2D eigenvalue weighted by Crippen LogP contribution is -2.30. The lowest BCUT2D eigenvalue weighted by atomic mass is 9.74. The Morgan fingerprint density at radius 2 is 1.29 bits per heavy atom. The van der Waals surface area contributed by atoms with E-state index in [1.165, 1.54) is 12.8 Å². The molecule has 0 spiro atoms. The Labute approximate surface area is 175 Å². The van der Waals surface area contributed by atoms with E-state index in [4.69, 9.17) is 0 Å². The van der Waals surface area contributed by atoms with Crippen molar-refractivity contribution in [3.05, 3.63) is 0 Å². The maximum absolute atomic E-state index is 13.7. The number of hydrogen-bond acceptors (Lipinski definition) is 2. The van der Waals surface area contributed by atoms with Crippen LogP contribution in [0.3, 0.4) is 0 Å². The van der Waals surface area contributed by atoms with Crippen molar-refractivity contribution in [2.75, 3.05) is 38.0 Å². The van der Waals surface area contributed by atoms with E-state index < -0.39 is 14.3 Å². The Hall–Kier alpha value is 0.460. The van der Waals surface area contributed by atoms with E-state index in [9.17, 15) is 9.13 Å². The fourth-order valence-corrected chi connectivity index (χ4v) is 12.7. The maximum Gasteiger partial charge on any atom is 0.0851 e. The van der Waals surface area contributed by atoms with Gasteiger partial charge in [-0.3, -0.25) is 0 Å². The smallest absolute Gasteiger partial charge is 0.0851 e. The van der Waals surface area contributed by atoms with Gasteiger partial charge in [0.1, 0.15) is 0 Å². The van der Waals surface area contributed by atoms with Crippen molar-refractivity contribution < 1.29 is 9.13 Å². The molecule has 0 N–H and O–H groups in total. The Morgan fingerprint density at radius 3 is 1.89 bits per heavy atom. The second-order valence-corrected chi connectivity index (χ2v) is 19.5. The molecule has 2 aliphatic carbocycles. The lowest BCUT2D eigenvalue weighted by molar-refractivity contribution is 0.184. The van der Waals surface area contributed by atoms with Crippen LogP contribution in [-0.2, 0) is 9.13 Å². The quantitative estimate of drug-likeness (QED) is 0.378. The van der Waals surface area contributed by atoms with Crippen molar-refractivity contribution in [1.29, 1.82) is 0 Å². The van der Waals surface area contributed by atoms with Crippen molar-refractivity contribution in [2.45, 2.75) is 67.2 Å². The topological polar surface area (TPSA) is 34.1 Å². The van der Waals surface area contributed by atoms with E-state index in [1.54, 1.807) is 0 Å². The summed E-state index contributed by atoms with van der Waals surface area (Å²) in [4.78, 5) is 0. The average molecular weight is 429 g/mol. The zero-order chi connectivity index (χ0) is 21.1. The Morgan fingerprint density at radius 1 is 0.750 bits per heavy atom. The van der Waals surface area contributed by atoms with Crippen LogP contribution in [0.15, 0.2) is 0 Å². The summed E-state index contributed by atoms with van der Waals surface area (Å²) in [5.74, 6) is 3.64. The molecule has 0 aromatic carbocycles. The van der Waals surface area contributed by atoms with Crippen molar-refractivity contribution >= 4 is 14.3 Å². The second-order valence-electron chi connectivity index (χ2n) is 12.6. The summed E-state index contributed by atoms with van der Waals surface area (Å²) in [5, 5.41) is 0. The maximum atomic E-state index is 13.7. The third-order valence-corrected chi connectivity index (χ3v) is 14.6. The van der Waals surface area contributed by atoms with Crippen molar-refractivity contribution in [3.63, 3.8) is 0 Å². The largest absolute Gasteiger partial charge is 0.324 e. The zero-order valence-electron chi connectivity index (χ0n) is 19.8. The van der Waals surface area contributed by atoms with Crippen LogP contribution in [0.2, 0.25) is 0 Å². The highest BCUT2D eigenvalue weighted by Crippen LogP contribution is 2.63. The van der Waals surface area contributed by atoms with Gasteiger partial charge in [0, 0.05) is 24.6 Å². The number of fused-ring (bicyclic) bond motifs is 3. The minimum atomic E-state index is -2.14. The van der Waals surface area contributed by atoms with Crippen LogP contribution < -0.4 is 0 Å². The van der Waals surface area contributed by atoms with E-state index >= 15 is 0 Å². The molecule has 3 aliphatic rings. The minimum absolute atomic E-state index is 0.225. The van der Waals surface area contributed by atoms with Gasteiger partial charge in [0.25, 0.3) is 0 Å². The van der Waals surface area contributed by atoms with Gasteiger partial charge in [-0.15, -0.1) is 0 Å². The zero-order valence-corrected chi connectivity index (χ0v) is 21.6. The molecular weight excluding hydrogens is 382 g/mol. The monoisotopic (exact) mass is 428 g/mol. The van der Waals surface area contributed by atoms with Crippen LogP contribution >= 0.6 is 14.3 Å². The van der Waals surface area contributed by atoms with Crippen molar-refractivity contribution in [2.24, 2.45) is 46.3 Å². The van der Waals surface area contributed by atoms with Gasteiger partial charge < -0.3 is 9.13 Å². The SMILES string of the molecule is C[C@@H]1C[C@@H]2CC[P@](C)(=O)C[C@@H]3[C@@H](CC[P@](C)(=O)C[C@@H]1C2(C)C)C[C@@H](C)C3(C)C. The second kappa shape index (κ2) is 7.55. The summed E-state index contributed by atoms with van der Waals surface area (Å²) in [5.41, 5.74) is 0.476. The van der Waals surface area contributed by atoms with Crippen LogP contribution in [-0.4, -0.2) is 38.0 Å². The van der Waals surface area contributed by atoms with Crippen LogP contribution in [0.5, 0.6) is 0 Å². The first-order valence-electron chi connectivity index (χ1n) is 11.8. The molecule has 1 saturated heterocycles. The number of rotatable bonds is 0. The third kappa shape index (κ3) is 4.40. The molecular formula is C24H46O2P2. The predicted molar refractivity (Wildman–Crippen MR) is 125 cm³/mol. The summed E-state index contributed by atoms with van der Waals surface area (Å²) >= 11 is 0. The van der Waals surface area contributed by atoms with Crippen molar-refractivity contribution in [3.8, 4) is 0 Å². The fraction of sp³-hybridized carbons (Fsp3) is 1.00. The molecule has 3 fully saturated rings. The van der Waals surface area contributed by atoms with Gasteiger partial charge in [-0.05, 0) is 85.4 Å². The number of hydrogen-bond donors (Lipinski definition) is 0. The van der Waals surface area contributed by atoms with E-state index in [-0.39, 0.29) is 10.8 Å². The Kier molecular flexibility index (Phi) is 6.24. The summed E-state index contributed by atoms with van der Waals surface area (Å²) in [6.07, 6.45) is 8.29. The van der Waals surface area contributed by atoms with Gasteiger partial charge in [0.15, 0.2) is 0 Å². The molecule has 8 atom stereocenters. The molecule has 0 aromatic rings. The Balaban J connectivity index is 1.93. The van der Waals surface area contributed by atoms with Crippen LogP contribution in [0, 0.1) is 46.3 Å². The van der Waals surface area contributed by atoms with E-state index in [0.717, 1.165) is 37.5 Å². The van der Waals surface area contributed by atoms with E-state index in [1.807, 2.05) is 0 Å². The molecule has 164 valence electrons. The standard InChI is InChI=1S/C24H46O2P2/c1-17-13-20-10-12-28(8,26)16-22-19(14-18(2)23(22,3)4)9-11-27(7,25)15-21(17)24(20,5)6/h17-22H,9-16H2,1-8H3/t17-,18-,19+,20+,21+,22-,27+,28+/m1/s1. The van der Waals surface area contributed by atoms with Gasteiger partial charge in [0.2, 0.25) is 0 Å². The van der Waals surface area contributed by atoms with E-state index in [2.05, 4.69) is 54.9 Å². The highest BCUT2D eigenvalue weighted by Gasteiger charge is 2.51. The first kappa shape index (κ1) is 23.1. The fourth-order valence-electron chi connectivity index (χ4n) is 7.34. The third-order valence-electron chi connectivity index (χ3n) is 9.89. The van der Waals surface area contributed by atoms with E-state index in [0.29, 0.717) is 35.5 Å². The normalized spacial score (nSPS) is 51.6. The van der Waals surface area contributed by atoms with Crippen LogP contribution in [0.1, 0.15) is 67.2 Å². The molecule has 2 saturated carbocycles. The summed E-state index contributed by atoms with van der Waals surface area (Å²) in [6, 6.07) is 0. The highest BCUT2D eigenvalue weighted by atomic mass is 31.2. The predicted octanol–water partition coefficient (Wildman–Crippen LogP) is 7.36. The minimum Gasteiger partial charge on any atom is -0.324 e. The molecule has 28 heavy (non-hydrogen) atoms. The molecule has 0 amide bonds. The molecule has 0 aromatic heterocycles. The summed E-state index contributed by atoms with van der Waals surface area (Å²) in [6.45, 7) is 18.6. The summed E-state index contributed by atoms with van der Waals surface area (Å²) < 4.78 is 27.4. The first-order valence-corrected chi connectivity index (χ1v) is 16.8. The average Bonchev–Trinajstić information content (AvgIpc) is 2.88. The molecule has 0 radical (unpaired) electrons. The van der Waals surface area contributed by atoms with Gasteiger partial charge >= 0.3 is 0 Å². The van der Waals surface area contributed by atoms with Crippen LogP contribution in [0.4, 0.5) is 0 Å². The highest BCUT2D eigenvalue weighted by molar-refractivity contribution is 7.63. The molecule has 0 unspecified atom stereocenters. The van der Waals surface area contributed by atoms with Crippen LogP contribution in [0.25, 0.3) is 0 Å². The van der Waals surface area contributed by atoms with Gasteiger partial charge in [0.05, 0.1) is 14.3 Å². The summed E-state index contributed by atoms with van der Waals surface area (Å²) in [7, 11) is -4.27. The van der Waals surface area contributed by atoms with Gasteiger partial charge in [-0.1, -0.05) is 41.5 Å². The van der Waals surface area contributed by atoms with Crippen molar-refractivity contribution in [1.82, 2.24) is 0 Å². The lowest BCUT2D eigenvalue weighted by Gasteiger charge is -2.36. The molecule has 1 heterocycles. The molecule has 1 aliphatic heterocycles. The van der Waals surface area contributed by atoms with Gasteiger partial charge in [-0.25, -0.2) is 0 Å².